The van der Waals surface area contributed by atoms with Gasteiger partial charge in [0.2, 0.25) is 11.8 Å². The van der Waals surface area contributed by atoms with Gasteiger partial charge in [0.05, 0.1) is 0 Å². The summed E-state index contributed by atoms with van der Waals surface area (Å²) in [5.74, 6) is -0.552. The maximum atomic E-state index is 13.5. The average molecular weight is 502 g/mol. The molecule has 1 saturated carbocycles. The van der Waals surface area contributed by atoms with Gasteiger partial charge in [0.25, 0.3) is 5.91 Å². The van der Waals surface area contributed by atoms with Crippen molar-refractivity contribution < 1.29 is 19.5 Å². The van der Waals surface area contributed by atoms with Crippen LogP contribution in [0.2, 0.25) is 0 Å². The van der Waals surface area contributed by atoms with Crippen LogP contribution in [0.3, 0.4) is 0 Å². The van der Waals surface area contributed by atoms with Crippen molar-refractivity contribution >= 4 is 17.7 Å². The van der Waals surface area contributed by atoms with Crippen molar-refractivity contribution in [1.29, 1.82) is 0 Å². The van der Waals surface area contributed by atoms with Gasteiger partial charge in [0.1, 0.15) is 12.1 Å². The van der Waals surface area contributed by atoms with E-state index in [1.165, 1.54) is 13.3 Å². The van der Waals surface area contributed by atoms with Crippen LogP contribution in [0.5, 0.6) is 0 Å². The highest BCUT2D eigenvalue weighted by molar-refractivity contribution is 5.94. The average Bonchev–Trinajstić information content (AvgIpc) is 2.86. The molecule has 0 saturated heterocycles. The van der Waals surface area contributed by atoms with Gasteiger partial charge in [-0.25, -0.2) is 0 Å². The number of unbranched alkanes of at least 4 members (excludes halogenated alkanes) is 1. The molecule has 3 amide bonds. The van der Waals surface area contributed by atoms with E-state index in [2.05, 4.69) is 17.6 Å². The molecule has 36 heavy (non-hydrogen) atoms. The number of amides is 3. The molecule has 1 aromatic rings. The first-order chi connectivity index (χ1) is 17.1. The largest absolute Gasteiger partial charge is 0.376 e. The van der Waals surface area contributed by atoms with Crippen LogP contribution in [0.4, 0.5) is 0 Å². The van der Waals surface area contributed by atoms with Crippen LogP contribution >= 0.6 is 0 Å². The van der Waals surface area contributed by atoms with Crippen LogP contribution in [0, 0.1) is 11.8 Å². The van der Waals surface area contributed by atoms with E-state index in [-0.39, 0.29) is 17.7 Å². The molecule has 1 aromatic carbocycles. The number of rotatable bonds is 13. The molecule has 1 fully saturated rings. The van der Waals surface area contributed by atoms with E-state index in [1.54, 1.807) is 36.2 Å². The van der Waals surface area contributed by atoms with Crippen molar-refractivity contribution in [2.45, 2.75) is 103 Å². The van der Waals surface area contributed by atoms with E-state index in [9.17, 15) is 19.5 Å². The van der Waals surface area contributed by atoms with Crippen LogP contribution in [0.25, 0.3) is 0 Å². The second kappa shape index (κ2) is 14.4. The maximum Gasteiger partial charge on any atom is 0.256 e. The smallest absolute Gasteiger partial charge is 0.256 e. The quantitative estimate of drug-likeness (QED) is 0.378. The van der Waals surface area contributed by atoms with Gasteiger partial charge in [-0.05, 0) is 43.6 Å². The van der Waals surface area contributed by atoms with Gasteiger partial charge in [-0.3, -0.25) is 14.4 Å². The molecule has 0 aliphatic heterocycles. The lowest BCUT2D eigenvalue weighted by Gasteiger charge is -2.31. The van der Waals surface area contributed by atoms with Gasteiger partial charge >= 0.3 is 0 Å². The normalized spacial score (nSPS) is 17.6. The Morgan fingerprint density at radius 2 is 1.69 bits per heavy atom. The number of carbonyl (C=O) groups excluding carboxylic acids is 3. The first-order valence-electron chi connectivity index (χ1n) is 13.7. The molecule has 7 nitrogen and oxygen atoms in total. The molecule has 0 aromatic heterocycles. The predicted octanol–water partition coefficient (Wildman–Crippen LogP) is 4.14. The Morgan fingerprint density at radius 3 is 2.28 bits per heavy atom. The van der Waals surface area contributed by atoms with Gasteiger partial charge in [0, 0.05) is 13.6 Å². The molecule has 0 spiro atoms. The first kappa shape index (κ1) is 29.8. The molecule has 3 N–H and O–H groups in total. The zero-order valence-electron chi connectivity index (χ0n) is 22.9. The Hall–Kier alpha value is -2.41. The molecule has 7 heteroatoms. The fraction of sp³-hybridized carbons (Fsp3) is 0.690. The minimum atomic E-state index is -1.78. The van der Waals surface area contributed by atoms with Crippen LogP contribution < -0.4 is 10.6 Å². The Bertz CT molecular complexity index is 834. The monoisotopic (exact) mass is 501 g/mol. The highest BCUT2D eigenvalue weighted by Gasteiger charge is 2.36. The Morgan fingerprint density at radius 1 is 1.06 bits per heavy atom. The maximum absolute atomic E-state index is 13.5. The number of hydrogen-bond donors (Lipinski definition) is 3. The highest BCUT2D eigenvalue weighted by atomic mass is 16.3. The summed E-state index contributed by atoms with van der Waals surface area (Å²) < 4.78 is 0. The van der Waals surface area contributed by atoms with Crippen molar-refractivity contribution in [3.63, 3.8) is 0 Å². The summed E-state index contributed by atoms with van der Waals surface area (Å²) in [6, 6.07) is 7.22. The number of aliphatic hydroxyl groups is 1. The minimum absolute atomic E-state index is 0.0757. The number of hydrogen-bond acceptors (Lipinski definition) is 4. The van der Waals surface area contributed by atoms with Crippen molar-refractivity contribution in [3.05, 3.63) is 35.9 Å². The third-order valence-electron chi connectivity index (χ3n) is 7.24. The van der Waals surface area contributed by atoms with Crippen molar-refractivity contribution in [2.75, 3.05) is 13.6 Å². The number of carbonyl (C=O) groups is 3. The van der Waals surface area contributed by atoms with Crippen LogP contribution in [0.1, 0.15) is 91.0 Å². The minimum Gasteiger partial charge on any atom is -0.376 e. The van der Waals surface area contributed by atoms with E-state index in [1.807, 2.05) is 19.9 Å². The number of benzene rings is 1. The SMILES string of the molecule is CCCCN(C)C(=O)[C@H](CC1CCCCC1)NC(=O)[C@H](CC(C)C)NC(=O)[C@](C)(O)c1ccccc1. The molecule has 202 valence electrons. The molecule has 3 atom stereocenters. The van der Waals surface area contributed by atoms with E-state index >= 15 is 0 Å². The second-order valence-electron chi connectivity index (χ2n) is 11.0. The first-order valence-corrected chi connectivity index (χ1v) is 13.7. The van der Waals surface area contributed by atoms with Gasteiger partial charge in [-0.2, -0.15) is 0 Å². The molecule has 0 unspecified atom stereocenters. The summed E-state index contributed by atoms with van der Waals surface area (Å²) >= 11 is 0. The van der Waals surface area contributed by atoms with Crippen molar-refractivity contribution in [3.8, 4) is 0 Å². The number of nitrogens with one attached hydrogen (secondary N) is 2. The van der Waals surface area contributed by atoms with E-state index in [4.69, 9.17) is 0 Å². The fourth-order valence-electron chi connectivity index (χ4n) is 4.92. The van der Waals surface area contributed by atoms with E-state index in [0.29, 0.717) is 30.9 Å². The summed E-state index contributed by atoms with van der Waals surface area (Å²) in [4.78, 5) is 41.7. The van der Waals surface area contributed by atoms with Gasteiger partial charge in [0.15, 0.2) is 5.60 Å². The predicted molar refractivity (Wildman–Crippen MR) is 143 cm³/mol. The molecule has 1 aliphatic carbocycles. The zero-order chi connectivity index (χ0) is 26.7. The molecule has 2 rings (SSSR count). The highest BCUT2D eigenvalue weighted by Crippen LogP contribution is 2.28. The molecule has 0 radical (unpaired) electrons. The summed E-state index contributed by atoms with van der Waals surface area (Å²) in [5, 5.41) is 16.7. The van der Waals surface area contributed by atoms with Gasteiger partial charge < -0.3 is 20.6 Å². The lowest BCUT2D eigenvalue weighted by molar-refractivity contribution is -0.143. The van der Waals surface area contributed by atoms with Gasteiger partial charge in [-0.15, -0.1) is 0 Å². The number of likely N-dealkylation sites (N-methyl/N-ethyl adjacent to an activating group) is 1. The lowest BCUT2D eigenvalue weighted by atomic mass is 9.84. The molecule has 0 heterocycles. The lowest BCUT2D eigenvalue weighted by Crippen LogP contribution is -2.57. The molecule has 0 bridgehead atoms. The summed E-state index contributed by atoms with van der Waals surface area (Å²) in [6.45, 7) is 8.12. The van der Waals surface area contributed by atoms with Crippen molar-refractivity contribution in [1.82, 2.24) is 15.5 Å². The Balaban J connectivity index is 2.19. The third kappa shape index (κ3) is 8.91. The number of nitrogens with zero attached hydrogens (tertiary/aromatic N) is 1. The molecular formula is C29H47N3O4. The van der Waals surface area contributed by atoms with Crippen molar-refractivity contribution in [2.24, 2.45) is 11.8 Å². The topological polar surface area (TPSA) is 98.7 Å². The third-order valence-corrected chi connectivity index (χ3v) is 7.24. The van der Waals surface area contributed by atoms with Gasteiger partial charge in [-0.1, -0.05) is 89.6 Å². The Labute approximate surface area is 217 Å². The Kier molecular flexibility index (Phi) is 11.9. The second-order valence-corrected chi connectivity index (χ2v) is 11.0. The van der Waals surface area contributed by atoms with Crippen LogP contribution in [0.15, 0.2) is 30.3 Å². The van der Waals surface area contributed by atoms with E-state index < -0.39 is 23.6 Å². The zero-order valence-corrected chi connectivity index (χ0v) is 22.9. The summed E-state index contributed by atoms with van der Waals surface area (Å²) in [6.07, 6.45) is 8.60. The fourth-order valence-corrected chi connectivity index (χ4v) is 4.92. The summed E-state index contributed by atoms with van der Waals surface area (Å²) in [5.41, 5.74) is -1.33. The standard InChI is InChI=1S/C29H47N3O4/c1-6-7-18-32(5)27(34)25(20-22-14-10-8-11-15-22)30-26(33)24(19-21(2)3)31-28(35)29(4,36)23-16-12-9-13-17-23/h9,12-13,16-17,21-22,24-25,36H,6-8,10-11,14-15,18-20H2,1-5H3,(H,30,33)(H,31,35)/t24-,25-,29+/m0/s1. The van der Waals surface area contributed by atoms with Crippen LogP contribution in [-0.4, -0.2) is 53.4 Å². The van der Waals surface area contributed by atoms with E-state index in [0.717, 1.165) is 38.5 Å². The summed E-state index contributed by atoms with van der Waals surface area (Å²) in [7, 11) is 1.79. The molecule has 1 aliphatic rings. The van der Waals surface area contributed by atoms with Crippen LogP contribution in [-0.2, 0) is 20.0 Å². The molecular weight excluding hydrogens is 454 g/mol.